The molecule has 1 rings (SSSR count). The lowest BCUT2D eigenvalue weighted by Crippen LogP contribution is -3.00. The van der Waals surface area contributed by atoms with Crippen molar-refractivity contribution < 1.29 is 26.7 Å². The number of aryl methyl sites for hydroxylation is 1. The number of nitrogens with zero attached hydrogens (tertiary/aromatic N) is 2. The molecule has 1 atom stereocenters. The van der Waals surface area contributed by atoms with Crippen LogP contribution in [0.25, 0.3) is 0 Å². The van der Waals surface area contributed by atoms with Gasteiger partial charge in [-0.05, 0) is 19.3 Å². The van der Waals surface area contributed by atoms with E-state index in [1.807, 2.05) is 0 Å². The Morgan fingerprint density at radius 3 is 1.46 bits per heavy atom. The molecule has 1 aromatic rings. The van der Waals surface area contributed by atoms with E-state index in [-0.39, 0.29) is 23.1 Å². The molecule has 3 nitrogen and oxygen atoms in total. The first-order chi connectivity index (χ1) is 16.8. The van der Waals surface area contributed by atoms with Gasteiger partial charge < -0.3 is 22.1 Å². The van der Waals surface area contributed by atoms with Crippen molar-refractivity contribution in [3.8, 4) is 0 Å². The predicted molar refractivity (Wildman–Crippen MR) is 148 cm³/mol. The van der Waals surface area contributed by atoms with E-state index in [9.17, 15) is 5.11 Å². The number of aliphatic hydroxyl groups is 1. The molecule has 0 bridgehead atoms. The number of imidazole rings is 1. The van der Waals surface area contributed by atoms with Crippen LogP contribution in [0, 0.1) is 0 Å². The average Bonchev–Trinajstić information content (AvgIpc) is 3.28. The minimum absolute atomic E-state index is 0. The summed E-state index contributed by atoms with van der Waals surface area (Å²) in [5.41, 5.74) is 0. The van der Waals surface area contributed by atoms with Crippen molar-refractivity contribution in [3.63, 3.8) is 0 Å². The predicted octanol–water partition coefficient (Wildman–Crippen LogP) is 6.15. The molecule has 1 N–H and O–H groups in total. The van der Waals surface area contributed by atoms with Gasteiger partial charge in [-0.1, -0.05) is 142 Å². The minimum atomic E-state index is -0.207. The molecular formula is C31H61BrN2O. The van der Waals surface area contributed by atoms with E-state index in [2.05, 4.69) is 41.7 Å². The van der Waals surface area contributed by atoms with Crippen LogP contribution < -0.4 is 21.5 Å². The number of rotatable bonds is 26. The molecule has 1 aromatic heterocycles. The minimum Gasteiger partial charge on any atom is -1.00 e. The molecule has 0 saturated carbocycles. The first-order valence-electron chi connectivity index (χ1n) is 15.5. The third kappa shape index (κ3) is 22.6. The van der Waals surface area contributed by atoms with Crippen molar-refractivity contribution in [1.82, 2.24) is 4.57 Å². The van der Waals surface area contributed by atoms with E-state index in [0.717, 1.165) is 25.9 Å². The zero-order valence-electron chi connectivity index (χ0n) is 23.7. The van der Waals surface area contributed by atoms with E-state index < -0.39 is 0 Å². The summed E-state index contributed by atoms with van der Waals surface area (Å²) in [5, 5.41) is 10.4. The van der Waals surface area contributed by atoms with Crippen molar-refractivity contribution in [3.05, 3.63) is 18.7 Å². The second-order valence-electron chi connectivity index (χ2n) is 10.9. The second-order valence-corrected chi connectivity index (χ2v) is 10.9. The van der Waals surface area contributed by atoms with Gasteiger partial charge in [0, 0.05) is 0 Å². The Kier molecular flexibility index (Phi) is 26.4. The standard InChI is InChI=1S/C31H61N2O.BrH/c1-3-5-7-9-11-13-15-16-18-20-22-24-26-32-27-28-33(30-32)29-31(34)25-23-21-19-17-14-12-10-8-6-4-2;/h27-28,30-31,34H,3-26,29H2,1-2H3;1H/q+1;/p-1/t31-;/m1./s1. The SMILES string of the molecule is CCCCCCCCCCCCCCn1cc[n+](C[C@H](O)CCCCCCCCCCCC)c1.[Br-]. The van der Waals surface area contributed by atoms with Crippen LogP contribution in [0.1, 0.15) is 162 Å². The van der Waals surface area contributed by atoms with Gasteiger partial charge >= 0.3 is 0 Å². The van der Waals surface area contributed by atoms with Crippen molar-refractivity contribution in [2.24, 2.45) is 0 Å². The summed E-state index contributed by atoms with van der Waals surface area (Å²) in [6.07, 6.45) is 37.6. The van der Waals surface area contributed by atoms with Crippen LogP contribution in [-0.2, 0) is 13.1 Å². The maximum atomic E-state index is 10.4. The lowest BCUT2D eigenvalue weighted by Gasteiger charge is -2.08. The van der Waals surface area contributed by atoms with Gasteiger partial charge in [-0.15, -0.1) is 0 Å². The van der Waals surface area contributed by atoms with Crippen molar-refractivity contribution in [1.29, 1.82) is 0 Å². The molecule has 0 fully saturated rings. The molecule has 35 heavy (non-hydrogen) atoms. The molecule has 0 saturated heterocycles. The highest BCUT2D eigenvalue weighted by molar-refractivity contribution is 4.67. The highest BCUT2D eigenvalue weighted by Gasteiger charge is 2.10. The fourth-order valence-corrected chi connectivity index (χ4v) is 5.02. The van der Waals surface area contributed by atoms with Crippen LogP contribution in [0.4, 0.5) is 0 Å². The monoisotopic (exact) mass is 556 g/mol. The molecule has 1 heterocycles. The first kappa shape index (κ1) is 34.6. The number of hydrogen-bond donors (Lipinski definition) is 1. The van der Waals surface area contributed by atoms with Gasteiger partial charge in [-0.2, -0.15) is 0 Å². The molecule has 0 spiro atoms. The molecule has 0 radical (unpaired) electrons. The fourth-order valence-electron chi connectivity index (χ4n) is 5.02. The molecule has 0 aliphatic heterocycles. The summed E-state index contributed by atoms with van der Waals surface area (Å²) in [6.45, 7) is 6.42. The highest BCUT2D eigenvalue weighted by Crippen LogP contribution is 2.13. The van der Waals surface area contributed by atoms with Crippen molar-refractivity contribution in [2.75, 3.05) is 0 Å². The summed E-state index contributed by atoms with van der Waals surface area (Å²) in [4.78, 5) is 0. The number of aromatic nitrogens is 2. The number of hydrogen-bond acceptors (Lipinski definition) is 1. The summed E-state index contributed by atoms with van der Waals surface area (Å²) in [6, 6.07) is 0. The van der Waals surface area contributed by atoms with E-state index in [0.29, 0.717) is 0 Å². The van der Waals surface area contributed by atoms with Gasteiger partial charge in [-0.25, -0.2) is 9.13 Å². The Bertz CT molecular complexity index is 534. The molecule has 208 valence electrons. The van der Waals surface area contributed by atoms with Gasteiger partial charge in [0.25, 0.3) is 0 Å². The summed E-state index contributed by atoms with van der Waals surface area (Å²) < 4.78 is 4.46. The Morgan fingerprint density at radius 1 is 0.600 bits per heavy atom. The topological polar surface area (TPSA) is 29.0 Å². The smallest absolute Gasteiger partial charge is 0.243 e. The van der Waals surface area contributed by atoms with Crippen LogP contribution in [0.2, 0.25) is 0 Å². The van der Waals surface area contributed by atoms with Crippen molar-refractivity contribution >= 4 is 0 Å². The summed E-state index contributed by atoms with van der Waals surface area (Å²) in [5.74, 6) is 0. The number of unbranched alkanes of at least 4 members (excludes halogenated alkanes) is 20. The zero-order chi connectivity index (χ0) is 24.5. The third-order valence-electron chi connectivity index (χ3n) is 7.33. The molecule has 0 aliphatic rings. The molecule has 0 aromatic carbocycles. The van der Waals surface area contributed by atoms with E-state index >= 15 is 0 Å². The molecule has 4 heteroatoms. The molecular weight excluding hydrogens is 496 g/mol. The summed E-state index contributed by atoms with van der Waals surface area (Å²) >= 11 is 0. The van der Waals surface area contributed by atoms with E-state index in [1.165, 1.54) is 135 Å². The van der Waals surface area contributed by atoms with Gasteiger partial charge in [0.05, 0.1) is 12.6 Å². The van der Waals surface area contributed by atoms with Gasteiger partial charge in [-0.3, -0.25) is 0 Å². The maximum Gasteiger partial charge on any atom is 0.243 e. The largest absolute Gasteiger partial charge is 1.00 e. The van der Waals surface area contributed by atoms with Crippen LogP contribution >= 0.6 is 0 Å². The van der Waals surface area contributed by atoms with Crippen molar-refractivity contribution in [2.45, 2.75) is 181 Å². The lowest BCUT2D eigenvalue weighted by molar-refractivity contribution is -0.703. The van der Waals surface area contributed by atoms with Crippen LogP contribution in [0.15, 0.2) is 18.7 Å². The molecule has 0 aliphatic carbocycles. The van der Waals surface area contributed by atoms with Crippen LogP contribution in [-0.4, -0.2) is 15.8 Å². The average molecular weight is 558 g/mol. The Morgan fingerprint density at radius 2 is 1.00 bits per heavy atom. The molecule has 0 unspecified atom stereocenters. The fraction of sp³-hybridized carbons (Fsp3) is 0.903. The summed E-state index contributed by atoms with van der Waals surface area (Å²) in [7, 11) is 0. The highest BCUT2D eigenvalue weighted by atomic mass is 79.9. The Balaban J connectivity index is 0.0000116. The normalized spacial score (nSPS) is 12.1. The van der Waals surface area contributed by atoms with Crippen LogP contribution in [0.5, 0.6) is 0 Å². The second kappa shape index (κ2) is 26.7. The van der Waals surface area contributed by atoms with Gasteiger partial charge in [0.15, 0.2) is 0 Å². The maximum absolute atomic E-state index is 10.4. The van der Waals surface area contributed by atoms with E-state index in [4.69, 9.17) is 0 Å². The zero-order valence-corrected chi connectivity index (χ0v) is 25.3. The van der Waals surface area contributed by atoms with E-state index in [1.54, 1.807) is 0 Å². The Hall–Kier alpha value is -0.350. The molecule has 0 amide bonds. The Labute approximate surface area is 230 Å². The van der Waals surface area contributed by atoms with Gasteiger partial charge in [0.2, 0.25) is 6.33 Å². The lowest BCUT2D eigenvalue weighted by atomic mass is 10.0. The van der Waals surface area contributed by atoms with Crippen LogP contribution in [0.3, 0.4) is 0 Å². The quantitative estimate of drug-likeness (QED) is 0.107. The number of aliphatic hydroxyl groups excluding tert-OH is 1. The number of halogens is 1. The third-order valence-corrected chi connectivity index (χ3v) is 7.33. The first-order valence-corrected chi connectivity index (χ1v) is 15.5. The van der Waals surface area contributed by atoms with Gasteiger partial charge in [0.1, 0.15) is 18.9 Å².